The number of hydrogen-bond acceptors (Lipinski definition) is 4. The van der Waals surface area contributed by atoms with Crippen LogP contribution in [0.25, 0.3) is 0 Å². The molecule has 0 aromatic heterocycles. The number of hydrogen-bond donors (Lipinski definition) is 1. The summed E-state index contributed by atoms with van der Waals surface area (Å²) in [4.78, 5) is 38.8. The molecule has 0 saturated carbocycles. The largest absolute Gasteiger partial charge is 0.349 e. The molecular formula is C21H19FN2O3S. The van der Waals surface area contributed by atoms with Gasteiger partial charge in [-0.2, -0.15) is 0 Å². The van der Waals surface area contributed by atoms with Crippen molar-refractivity contribution in [3.8, 4) is 0 Å². The Bertz CT molecular complexity index is 927. The van der Waals surface area contributed by atoms with Crippen LogP contribution >= 0.6 is 11.8 Å². The molecule has 2 aliphatic heterocycles. The molecule has 1 unspecified atom stereocenters. The molecule has 0 saturated heterocycles. The van der Waals surface area contributed by atoms with Gasteiger partial charge in [0.05, 0.1) is 17.2 Å². The third-order valence-electron chi connectivity index (χ3n) is 5.02. The maximum absolute atomic E-state index is 13.9. The summed E-state index contributed by atoms with van der Waals surface area (Å²) in [6.45, 7) is 0.200. The molecule has 28 heavy (non-hydrogen) atoms. The number of benzene rings is 2. The van der Waals surface area contributed by atoms with Crippen molar-refractivity contribution in [2.24, 2.45) is 0 Å². The van der Waals surface area contributed by atoms with Crippen LogP contribution < -0.4 is 5.32 Å². The lowest BCUT2D eigenvalue weighted by Crippen LogP contribution is -2.33. The van der Waals surface area contributed by atoms with Gasteiger partial charge in [-0.1, -0.05) is 24.3 Å². The van der Waals surface area contributed by atoms with Gasteiger partial charge in [-0.05, 0) is 36.6 Å². The van der Waals surface area contributed by atoms with E-state index in [4.69, 9.17) is 0 Å². The van der Waals surface area contributed by atoms with Gasteiger partial charge in [0.1, 0.15) is 5.82 Å². The predicted octanol–water partition coefficient (Wildman–Crippen LogP) is 3.56. The number of thioether (sulfide) groups is 1. The summed E-state index contributed by atoms with van der Waals surface area (Å²) >= 11 is 1.47. The second kappa shape index (κ2) is 7.75. The summed E-state index contributed by atoms with van der Waals surface area (Å²) in [6, 6.07) is 11.4. The van der Waals surface area contributed by atoms with Crippen molar-refractivity contribution in [1.82, 2.24) is 10.2 Å². The fraction of sp³-hybridized carbons (Fsp3) is 0.286. The summed E-state index contributed by atoms with van der Waals surface area (Å²) in [5, 5.41) is 2.96. The van der Waals surface area contributed by atoms with Gasteiger partial charge in [-0.3, -0.25) is 19.3 Å². The van der Waals surface area contributed by atoms with Crippen LogP contribution in [0.5, 0.6) is 0 Å². The van der Waals surface area contributed by atoms with E-state index in [1.165, 1.54) is 22.7 Å². The molecule has 0 aliphatic carbocycles. The fourth-order valence-corrected chi connectivity index (χ4v) is 4.78. The number of amides is 3. The smallest absolute Gasteiger partial charge is 0.261 e. The first-order valence-electron chi connectivity index (χ1n) is 9.22. The van der Waals surface area contributed by atoms with E-state index in [9.17, 15) is 18.8 Å². The topological polar surface area (TPSA) is 66.5 Å². The number of imide groups is 1. The second-order valence-electron chi connectivity index (χ2n) is 6.83. The Balaban J connectivity index is 1.33. The molecule has 2 heterocycles. The third kappa shape index (κ3) is 3.42. The van der Waals surface area contributed by atoms with Gasteiger partial charge in [0, 0.05) is 23.6 Å². The molecule has 0 fully saturated rings. The molecule has 7 heteroatoms. The molecule has 2 aromatic carbocycles. The SMILES string of the molecule is O=C(CCCN1C(=O)c2ccccc2C1=O)NC1CCSc2c(F)cccc21. The first-order chi connectivity index (χ1) is 13.6. The Hall–Kier alpha value is -2.67. The van der Waals surface area contributed by atoms with E-state index >= 15 is 0 Å². The molecule has 144 valence electrons. The molecule has 3 amide bonds. The Labute approximate surface area is 166 Å². The van der Waals surface area contributed by atoms with Gasteiger partial charge in [0.25, 0.3) is 11.8 Å². The Morgan fingerprint density at radius 1 is 1.11 bits per heavy atom. The molecule has 2 aromatic rings. The van der Waals surface area contributed by atoms with Crippen molar-refractivity contribution in [2.75, 3.05) is 12.3 Å². The Morgan fingerprint density at radius 2 is 1.82 bits per heavy atom. The lowest BCUT2D eigenvalue weighted by molar-refractivity contribution is -0.122. The van der Waals surface area contributed by atoms with Crippen molar-refractivity contribution < 1.29 is 18.8 Å². The van der Waals surface area contributed by atoms with Gasteiger partial charge in [-0.25, -0.2) is 4.39 Å². The van der Waals surface area contributed by atoms with Gasteiger partial charge in [0.15, 0.2) is 0 Å². The predicted molar refractivity (Wildman–Crippen MR) is 104 cm³/mol. The van der Waals surface area contributed by atoms with E-state index in [0.29, 0.717) is 22.4 Å². The quantitative estimate of drug-likeness (QED) is 0.782. The van der Waals surface area contributed by atoms with E-state index in [0.717, 1.165) is 17.7 Å². The molecular weight excluding hydrogens is 379 g/mol. The summed E-state index contributed by atoms with van der Waals surface area (Å²) in [6.07, 6.45) is 1.32. The van der Waals surface area contributed by atoms with Gasteiger partial charge in [-0.15, -0.1) is 11.8 Å². The molecule has 1 atom stereocenters. The first kappa shape index (κ1) is 18.7. The summed E-state index contributed by atoms with van der Waals surface area (Å²) in [7, 11) is 0. The Morgan fingerprint density at radius 3 is 2.54 bits per heavy atom. The second-order valence-corrected chi connectivity index (χ2v) is 7.93. The number of nitrogens with zero attached hydrogens (tertiary/aromatic N) is 1. The average Bonchev–Trinajstić information content (AvgIpc) is 2.94. The number of nitrogens with one attached hydrogen (secondary N) is 1. The zero-order valence-electron chi connectivity index (χ0n) is 15.1. The maximum atomic E-state index is 13.9. The van der Waals surface area contributed by atoms with Gasteiger partial charge >= 0.3 is 0 Å². The molecule has 5 nitrogen and oxygen atoms in total. The lowest BCUT2D eigenvalue weighted by Gasteiger charge is -2.26. The van der Waals surface area contributed by atoms with Crippen LogP contribution in [0.2, 0.25) is 0 Å². The number of carbonyl (C=O) groups is 3. The van der Waals surface area contributed by atoms with E-state index in [-0.39, 0.29) is 42.5 Å². The normalized spacial score (nSPS) is 18.0. The summed E-state index contributed by atoms with van der Waals surface area (Å²) in [5.74, 6) is -0.297. The highest BCUT2D eigenvalue weighted by molar-refractivity contribution is 7.99. The fourth-order valence-electron chi connectivity index (χ4n) is 3.64. The lowest BCUT2D eigenvalue weighted by atomic mass is 10.0. The third-order valence-corrected chi connectivity index (χ3v) is 6.18. The number of halogens is 1. The van der Waals surface area contributed by atoms with Crippen LogP contribution in [-0.2, 0) is 4.79 Å². The number of fused-ring (bicyclic) bond motifs is 2. The molecule has 0 radical (unpaired) electrons. The molecule has 1 N–H and O–H groups in total. The monoisotopic (exact) mass is 398 g/mol. The van der Waals surface area contributed by atoms with Crippen molar-refractivity contribution in [3.63, 3.8) is 0 Å². The van der Waals surface area contributed by atoms with Crippen LogP contribution in [0.1, 0.15) is 51.6 Å². The van der Waals surface area contributed by atoms with Crippen molar-refractivity contribution in [2.45, 2.75) is 30.2 Å². The van der Waals surface area contributed by atoms with Gasteiger partial charge in [0.2, 0.25) is 5.91 Å². The van der Waals surface area contributed by atoms with Crippen molar-refractivity contribution in [3.05, 3.63) is 65.0 Å². The molecule has 0 spiro atoms. The zero-order valence-corrected chi connectivity index (χ0v) is 15.9. The Kier molecular flexibility index (Phi) is 5.17. The highest BCUT2D eigenvalue weighted by Crippen LogP contribution is 2.37. The number of rotatable bonds is 5. The van der Waals surface area contributed by atoms with Crippen LogP contribution in [0.4, 0.5) is 4.39 Å². The van der Waals surface area contributed by atoms with E-state index in [1.54, 1.807) is 30.3 Å². The van der Waals surface area contributed by atoms with Crippen LogP contribution in [-0.4, -0.2) is 34.9 Å². The standard InChI is InChI=1S/C21H19FN2O3S/c22-16-8-3-7-15-17(10-12-28-19(15)16)23-18(25)9-4-11-24-20(26)13-5-1-2-6-14(13)21(24)27/h1-3,5-8,17H,4,9-12H2,(H,23,25). The highest BCUT2D eigenvalue weighted by Gasteiger charge is 2.34. The van der Waals surface area contributed by atoms with Crippen LogP contribution in [0.3, 0.4) is 0 Å². The molecule has 0 bridgehead atoms. The average molecular weight is 398 g/mol. The van der Waals surface area contributed by atoms with E-state index in [1.807, 2.05) is 6.07 Å². The van der Waals surface area contributed by atoms with Crippen molar-refractivity contribution >= 4 is 29.5 Å². The zero-order chi connectivity index (χ0) is 19.7. The van der Waals surface area contributed by atoms with Crippen LogP contribution in [0.15, 0.2) is 47.4 Å². The first-order valence-corrected chi connectivity index (χ1v) is 10.2. The summed E-state index contributed by atoms with van der Waals surface area (Å²) in [5.41, 5.74) is 1.63. The van der Waals surface area contributed by atoms with E-state index < -0.39 is 0 Å². The van der Waals surface area contributed by atoms with Crippen molar-refractivity contribution in [1.29, 1.82) is 0 Å². The highest BCUT2D eigenvalue weighted by atomic mass is 32.2. The van der Waals surface area contributed by atoms with E-state index in [2.05, 4.69) is 5.32 Å². The minimum Gasteiger partial charge on any atom is -0.349 e. The van der Waals surface area contributed by atoms with Crippen LogP contribution in [0, 0.1) is 5.82 Å². The number of carbonyl (C=O) groups excluding carboxylic acids is 3. The minimum atomic E-state index is -0.310. The minimum absolute atomic E-state index is 0.163. The summed E-state index contributed by atoms with van der Waals surface area (Å²) < 4.78 is 13.9. The molecule has 4 rings (SSSR count). The maximum Gasteiger partial charge on any atom is 0.261 e. The van der Waals surface area contributed by atoms with Gasteiger partial charge < -0.3 is 5.32 Å². The molecule has 2 aliphatic rings.